The van der Waals surface area contributed by atoms with Gasteiger partial charge in [-0.25, -0.2) is 4.98 Å². The van der Waals surface area contributed by atoms with E-state index >= 15 is 0 Å². The summed E-state index contributed by atoms with van der Waals surface area (Å²) in [7, 11) is 0. The Morgan fingerprint density at radius 3 is 3.24 bits per heavy atom. The highest BCUT2D eigenvalue weighted by Crippen LogP contribution is 2.37. The summed E-state index contributed by atoms with van der Waals surface area (Å²) in [5, 5.41) is 4.47. The van der Waals surface area contributed by atoms with Crippen molar-refractivity contribution in [2.45, 2.75) is 43.8 Å². The van der Waals surface area contributed by atoms with Crippen molar-refractivity contribution in [3.63, 3.8) is 0 Å². The lowest BCUT2D eigenvalue weighted by Gasteiger charge is -2.26. The Hall–Kier alpha value is -0.970. The van der Waals surface area contributed by atoms with Crippen molar-refractivity contribution in [1.82, 2.24) is 14.9 Å². The maximum Gasteiger partial charge on any atom is 0.122 e. The first-order valence-corrected chi connectivity index (χ1v) is 8.80. The highest BCUT2D eigenvalue weighted by Gasteiger charge is 2.21. The fraction of sp³-hybridized carbons (Fsp3) is 0.438. The number of halogens is 1. The number of fused-ring (bicyclic) bond motifs is 1. The van der Waals surface area contributed by atoms with Crippen molar-refractivity contribution in [1.29, 1.82) is 0 Å². The van der Waals surface area contributed by atoms with E-state index < -0.39 is 0 Å². The number of thioether (sulfide) groups is 1. The SMILES string of the molecule is CCCn1ccnc1CNC1CCSc2ccc(Cl)cc21. The van der Waals surface area contributed by atoms with Crippen molar-refractivity contribution in [2.75, 3.05) is 5.75 Å². The normalized spacial score (nSPS) is 17.7. The number of rotatable bonds is 5. The molecule has 2 aromatic rings. The molecule has 0 aliphatic carbocycles. The van der Waals surface area contributed by atoms with Gasteiger partial charge in [-0.15, -0.1) is 11.8 Å². The van der Waals surface area contributed by atoms with Crippen LogP contribution in [0.5, 0.6) is 0 Å². The lowest BCUT2D eigenvalue weighted by Crippen LogP contribution is -2.25. The molecule has 3 rings (SSSR count). The van der Waals surface area contributed by atoms with E-state index in [2.05, 4.69) is 40.1 Å². The second-order valence-electron chi connectivity index (χ2n) is 5.29. The molecule has 1 aliphatic rings. The molecule has 1 aliphatic heterocycles. The molecule has 0 fully saturated rings. The van der Waals surface area contributed by atoms with E-state index in [0.717, 1.165) is 42.5 Å². The molecular formula is C16H20ClN3S. The molecule has 112 valence electrons. The molecule has 0 bridgehead atoms. The zero-order valence-corrected chi connectivity index (χ0v) is 13.8. The summed E-state index contributed by atoms with van der Waals surface area (Å²) in [5.41, 5.74) is 1.33. The van der Waals surface area contributed by atoms with Crippen LogP contribution < -0.4 is 5.32 Å². The second-order valence-corrected chi connectivity index (χ2v) is 6.86. The summed E-state index contributed by atoms with van der Waals surface area (Å²) in [4.78, 5) is 5.81. The molecule has 5 heteroatoms. The van der Waals surface area contributed by atoms with Gasteiger partial charge in [0.1, 0.15) is 5.82 Å². The number of aryl methyl sites for hydroxylation is 1. The first-order chi connectivity index (χ1) is 10.3. The number of imidazole rings is 1. The summed E-state index contributed by atoms with van der Waals surface area (Å²) < 4.78 is 2.23. The Morgan fingerprint density at radius 2 is 2.38 bits per heavy atom. The third-order valence-corrected chi connectivity index (χ3v) is 5.14. The van der Waals surface area contributed by atoms with Crippen LogP contribution in [0.4, 0.5) is 0 Å². The summed E-state index contributed by atoms with van der Waals surface area (Å²) in [5.74, 6) is 2.26. The van der Waals surface area contributed by atoms with Gasteiger partial charge in [0.05, 0.1) is 6.54 Å². The Bertz CT molecular complexity index is 611. The van der Waals surface area contributed by atoms with Gasteiger partial charge in [-0.05, 0) is 42.4 Å². The Kier molecular flexibility index (Phi) is 4.88. The van der Waals surface area contributed by atoms with Crippen LogP contribution in [0.2, 0.25) is 5.02 Å². The van der Waals surface area contributed by atoms with Gasteiger partial charge < -0.3 is 9.88 Å². The number of hydrogen-bond acceptors (Lipinski definition) is 3. The van der Waals surface area contributed by atoms with Gasteiger partial charge in [0.25, 0.3) is 0 Å². The van der Waals surface area contributed by atoms with Crippen LogP contribution >= 0.6 is 23.4 Å². The smallest absolute Gasteiger partial charge is 0.122 e. The van der Waals surface area contributed by atoms with Crippen LogP contribution in [-0.4, -0.2) is 15.3 Å². The summed E-state index contributed by atoms with van der Waals surface area (Å²) in [6, 6.07) is 6.57. The average molecular weight is 322 g/mol. The van der Waals surface area contributed by atoms with Gasteiger partial charge in [0, 0.05) is 34.9 Å². The lowest BCUT2D eigenvalue weighted by molar-refractivity contribution is 0.486. The van der Waals surface area contributed by atoms with Crippen LogP contribution in [0, 0.1) is 0 Å². The van der Waals surface area contributed by atoms with Gasteiger partial charge in [-0.1, -0.05) is 18.5 Å². The van der Waals surface area contributed by atoms with Gasteiger partial charge in [-0.3, -0.25) is 0 Å². The van der Waals surface area contributed by atoms with E-state index in [1.54, 1.807) is 0 Å². The van der Waals surface area contributed by atoms with E-state index in [1.807, 2.05) is 24.0 Å². The van der Waals surface area contributed by atoms with Crippen LogP contribution in [-0.2, 0) is 13.1 Å². The fourth-order valence-electron chi connectivity index (χ4n) is 2.74. The minimum Gasteiger partial charge on any atom is -0.334 e. The van der Waals surface area contributed by atoms with Crippen molar-refractivity contribution < 1.29 is 0 Å². The third kappa shape index (κ3) is 3.44. The van der Waals surface area contributed by atoms with Crippen molar-refractivity contribution in [2.24, 2.45) is 0 Å². The van der Waals surface area contributed by atoms with E-state index in [-0.39, 0.29) is 0 Å². The zero-order chi connectivity index (χ0) is 14.7. The largest absolute Gasteiger partial charge is 0.334 e. The van der Waals surface area contributed by atoms with E-state index in [0.29, 0.717) is 6.04 Å². The minimum absolute atomic E-state index is 0.367. The van der Waals surface area contributed by atoms with Gasteiger partial charge in [-0.2, -0.15) is 0 Å². The zero-order valence-electron chi connectivity index (χ0n) is 12.2. The molecule has 1 aromatic heterocycles. The first kappa shape index (κ1) is 14.9. The number of nitrogens with one attached hydrogen (secondary N) is 1. The number of hydrogen-bond donors (Lipinski definition) is 1. The van der Waals surface area contributed by atoms with Crippen molar-refractivity contribution in [3.05, 3.63) is 47.0 Å². The second kappa shape index (κ2) is 6.86. The molecule has 0 amide bonds. The third-order valence-electron chi connectivity index (χ3n) is 3.78. The van der Waals surface area contributed by atoms with E-state index in [4.69, 9.17) is 11.6 Å². The van der Waals surface area contributed by atoms with Gasteiger partial charge in [0.15, 0.2) is 0 Å². The first-order valence-electron chi connectivity index (χ1n) is 7.43. The van der Waals surface area contributed by atoms with Crippen LogP contribution in [0.15, 0.2) is 35.5 Å². The quantitative estimate of drug-likeness (QED) is 0.891. The monoisotopic (exact) mass is 321 g/mol. The maximum atomic E-state index is 6.15. The number of nitrogens with zero attached hydrogens (tertiary/aromatic N) is 2. The molecule has 1 unspecified atom stereocenters. The highest BCUT2D eigenvalue weighted by atomic mass is 35.5. The maximum absolute atomic E-state index is 6.15. The molecule has 1 atom stereocenters. The minimum atomic E-state index is 0.367. The van der Waals surface area contributed by atoms with Crippen LogP contribution in [0.3, 0.4) is 0 Å². The molecular weight excluding hydrogens is 302 g/mol. The van der Waals surface area contributed by atoms with Crippen molar-refractivity contribution in [3.8, 4) is 0 Å². The predicted molar refractivity (Wildman–Crippen MR) is 88.9 cm³/mol. The molecule has 21 heavy (non-hydrogen) atoms. The Morgan fingerprint density at radius 1 is 1.48 bits per heavy atom. The standard InChI is InChI=1S/C16H20ClN3S/c1-2-7-20-8-6-18-16(20)11-19-14-5-9-21-15-4-3-12(17)10-13(14)15/h3-4,6,8,10,14,19H,2,5,7,9,11H2,1H3. The number of aromatic nitrogens is 2. The molecule has 2 heterocycles. The van der Waals surface area contributed by atoms with E-state index in [9.17, 15) is 0 Å². The molecule has 1 aromatic carbocycles. The lowest BCUT2D eigenvalue weighted by atomic mass is 10.0. The molecule has 0 saturated heterocycles. The van der Waals surface area contributed by atoms with Gasteiger partial charge in [0.2, 0.25) is 0 Å². The topological polar surface area (TPSA) is 29.9 Å². The van der Waals surface area contributed by atoms with E-state index in [1.165, 1.54) is 10.5 Å². The van der Waals surface area contributed by atoms with Crippen LogP contribution in [0.1, 0.15) is 37.2 Å². The van der Waals surface area contributed by atoms with Crippen LogP contribution in [0.25, 0.3) is 0 Å². The fourth-order valence-corrected chi connectivity index (χ4v) is 4.03. The highest BCUT2D eigenvalue weighted by molar-refractivity contribution is 7.99. The van der Waals surface area contributed by atoms with Gasteiger partial charge >= 0.3 is 0 Å². The Labute approximate surface area is 135 Å². The Balaban J connectivity index is 1.72. The molecule has 0 spiro atoms. The molecule has 0 saturated carbocycles. The summed E-state index contributed by atoms with van der Waals surface area (Å²) in [6.45, 7) is 4.02. The summed E-state index contributed by atoms with van der Waals surface area (Å²) >= 11 is 8.07. The van der Waals surface area contributed by atoms with Crippen molar-refractivity contribution >= 4 is 23.4 Å². The molecule has 1 N–H and O–H groups in total. The number of benzene rings is 1. The average Bonchev–Trinajstić information content (AvgIpc) is 2.93. The molecule has 0 radical (unpaired) electrons. The summed E-state index contributed by atoms with van der Waals surface area (Å²) in [6.07, 6.45) is 6.20. The molecule has 3 nitrogen and oxygen atoms in total. The predicted octanol–water partition coefficient (Wildman–Crippen LogP) is 4.27.